The molecule has 1 aliphatic heterocycles. The van der Waals surface area contributed by atoms with Crippen molar-refractivity contribution in [3.05, 3.63) is 83.4 Å². The van der Waals surface area contributed by atoms with Gasteiger partial charge in [-0.25, -0.2) is 0 Å². The van der Waals surface area contributed by atoms with Gasteiger partial charge in [0.15, 0.2) is 11.5 Å². The third kappa shape index (κ3) is 8.52. The number of para-hydroxylation sites is 2. The first-order valence-corrected chi connectivity index (χ1v) is 16.3. The molecule has 3 aromatic carbocycles. The number of aliphatic hydroxyl groups excluding tert-OH is 3. The molecule has 9 heteroatoms. The van der Waals surface area contributed by atoms with E-state index in [0.29, 0.717) is 23.5 Å². The standard InChI is InChI=1S/C18H25NO.C10H14O4.C9H13NO2/c1-19-10-9-18-8-4-3-5-15(18)17(19)11-13-6-7-14(20-2)12-16(13)18;1-13-9-4-2-3-5-10(9)14-7-8(12)6-11;1-10-6-9(12)7-3-2-4-8(11)5-7/h6-7,12,15,17H,3-5,8-11H2,1-2H3;2-5,8,11-12H,6-7H2,1H3;2-5,9-12H,6H2,1H3/t15-,17-,18-;;9-/m1.0/s1. The Morgan fingerprint density at radius 1 is 0.957 bits per heavy atom. The fraction of sp³-hybridized carbons (Fsp3) is 0.514. The van der Waals surface area contributed by atoms with Gasteiger partial charge in [0.05, 0.1) is 26.9 Å². The molecule has 0 aromatic heterocycles. The molecule has 3 aromatic rings. The number of phenols is 1. The number of fused-ring (bicyclic) bond motifs is 1. The minimum absolute atomic E-state index is 0.0525. The number of nitrogens with one attached hydrogen (secondary N) is 1. The second-order valence-corrected chi connectivity index (χ2v) is 12.5. The Kier molecular flexibility index (Phi) is 13.1. The molecule has 5 N–H and O–H groups in total. The largest absolute Gasteiger partial charge is 0.508 e. The van der Waals surface area contributed by atoms with Gasteiger partial charge in [-0.15, -0.1) is 0 Å². The van der Waals surface area contributed by atoms with Crippen LogP contribution in [0.3, 0.4) is 0 Å². The van der Waals surface area contributed by atoms with E-state index < -0.39 is 12.2 Å². The highest BCUT2D eigenvalue weighted by atomic mass is 16.5. The van der Waals surface area contributed by atoms with Crippen molar-refractivity contribution in [1.29, 1.82) is 0 Å². The molecule has 0 radical (unpaired) electrons. The molecule has 0 spiro atoms. The molecule has 1 heterocycles. The lowest BCUT2D eigenvalue weighted by Gasteiger charge is -2.58. The first-order valence-electron chi connectivity index (χ1n) is 16.3. The van der Waals surface area contributed by atoms with E-state index in [4.69, 9.17) is 29.5 Å². The molecule has 2 aliphatic carbocycles. The normalized spacial score (nSPS) is 22.8. The molecule has 2 fully saturated rings. The summed E-state index contributed by atoms with van der Waals surface area (Å²) in [6.45, 7) is 1.49. The summed E-state index contributed by atoms with van der Waals surface area (Å²) in [5.74, 6) is 3.26. The fourth-order valence-electron chi connectivity index (χ4n) is 7.32. The third-order valence-electron chi connectivity index (χ3n) is 9.69. The van der Waals surface area contributed by atoms with Crippen LogP contribution >= 0.6 is 0 Å². The van der Waals surface area contributed by atoms with E-state index >= 15 is 0 Å². The number of aliphatic hydroxyl groups is 3. The van der Waals surface area contributed by atoms with E-state index in [1.54, 1.807) is 68.8 Å². The van der Waals surface area contributed by atoms with Crippen LogP contribution in [-0.4, -0.2) is 92.1 Å². The van der Waals surface area contributed by atoms with Crippen LogP contribution < -0.4 is 19.5 Å². The van der Waals surface area contributed by atoms with E-state index in [1.165, 1.54) is 45.1 Å². The van der Waals surface area contributed by atoms with Crippen LogP contribution in [0, 0.1) is 5.92 Å². The Bertz CT molecular complexity index is 1370. The highest BCUT2D eigenvalue weighted by Crippen LogP contribution is 2.55. The summed E-state index contributed by atoms with van der Waals surface area (Å²) >= 11 is 0. The van der Waals surface area contributed by atoms with Gasteiger partial charge >= 0.3 is 0 Å². The maximum Gasteiger partial charge on any atom is 0.161 e. The highest BCUT2D eigenvalue weighted by Gasteiger charge is 2.53. The summed E-state index contributed by atoms with van der Waals surface area (Å²) in [4.78, 5) is 2.63. The Morgan fingerprint density at radius 3 is 2.43 bits per heavy atom. The van der Waals surface area contributed by atoms with Crippen LogP contribution in [0.25, 0.3) is 0 Å². The van der Waals surface area contributed by atoms with E-state index in [2.05, 4.69) is 35.5 Å². The number of piperidine rings is 1. The maximum atomic E-state index is 9.47. The number of likely N-dealkylation sites (tertiary alicyclic amines) is 1. The quantitative estimate of drug-likeness (QED) is 0.232. The number of methoxy groups -OCH3 is 2. The molecule has 1 saturated heterocycles. The van der Waals surface area contributed by atoms with Crippen molar-refractivity contribution < 1.29 is 34.6 Å². The van der Waals surface area contributed by atoms with Gasteiger partial charge in [-0.3, -0.25) is 0 Å². The van der Waals surface area contributed by atoms with Crippen LogP contribution in [0.5, 0.6) is 23.0 Å². The summed E-state index contributed by atoms with van der Waals surface area (Å²) < 4.78 is 15.8. The predicted molar refractivity (Wildman–Crippen MR) is 180 cm³/mol. The number of nitrogens with zero attached hydrogens (tertiary/aromatic N) is 1. The van der Waals surface area contributed by atoms with Crippen molar-refractivity contribution in [2.45, 2.75) is 62.2 Å². The lowest BCUT2D eigenvalue weighted by Crippen LogP contribution is -2.59. The summed E-state index contributed by atoms with van der Waals surface area (Å²) in [5.41, 5.74) is 4.40. The van der Waals surface area contributed by atoms with Crippen LogP contribution in [0.2, 0.25) is 0 Å². The average Bonchev–Trinajstić information content (AvgIpc) is 3.09. The van der Waals surface area contributed by atoms with Crippen molar-refractivity contribution in [3.8, 4) is 23.0 Å². The Hall–Kier alpha value is -3.34. The molecular formula is C37H52N2O7. The number of benzene rings is 3. The van der Waals surface area contributed by atoms with Crippen LogP contribution in [0.15, 0.2) is 66.7 Å². The minimum atomic E-state index is -0.861. The van der Waals surface area contributed by atoms with Gasteiger partial charge in [-0.1, -0.05) is 43.2 Å². The smallest absolute Gasteiger partial charge is 0.161 e. The number of aromatic hydroxyl groups is 1. The zero-order valence-electron chi connectivity index (χ0n) is 27.7. The van der Waals surface area contributed by atoms with Gasteiger partial charge in [0, 0.05) is 18.0 Å². The summed E-state index contributed by atoms with van der Waals surface area (Å²) in [5, 5.41) is 39.1. The van der Waals surface area contributed by atoms with Gasteiger partial charge < -0.3 is 44.9 Å². The van der Waals surface area contributed by atoms with E-state index in [-0.39, 0.29) is 19.0 Å². The molecular weight excluding hydrogens is 584 g/mol. The molecule has 1 saturated carbocycles. The number of hydrogen-bond acceptors (Lipinski definition) is 9. The van der Waals surface area contributed by atoms with Crippen molar-refractivity contribution in [1.82, 2.24) is 10.2 Å². The third-order valence-corrected chi connectivity index (χ3v) is 9.69. The van der Waals surface area contributed by atoms with Crippen LogP contribution in [0.1, 0.15) is 54.9 Å². The maximum absolute atomic E-state index is 9.47. The highest BCUT2D eigenvalue weighted by molar-refractivity contribution is 5.45. The van der Waals surface area contributed by atoms with Gasteiger partial charge in [0.1, 0.15) is 24.2 Å². The number of hydrogen-bond donors (Lipinski definition) is 5. The van der Waals surface area contributed by atoms with Crippen molar-refractivity contribution in [2.75, 3.05) is 54.6 Å². The summed E-state index contributed by atoms with van der Waals surface area (Å²) in [6.07, 6.45) is 6.81. The van der Waals surface area contributed by atoms with Gasteiger partial charge in [0.25, 0.3) is 0 Å². The second kappa shape index (κ2) is 17.0. The number of likely N-dealkylation sites (N-methyl/N-ethyl adjacent to an activating group) is 2. The van der Waals surface area contributed by atoms with Crippen molar-refractivity contribution in [3.63, 3.8) is 0 Å². The molecule has 9 nitrogen and oxygen atoms in total. The molecule has 0 amide bonds. The van der Waals surface area contributed by atoms with Crippen LogP contribution in [-0.2, 0) is 11.8 Å². The molecule has 1 unspecified atom stereocenters. The Labute approximate surface area is 273 Å². The zero-order valence-corrected chi connectivity index (χ0v) is 27.7. The Balaban J connectivity index is 0.000000164. The number of rotatable bonds is 9. The summed E-state index contributed by atoms with van der Waals surface area (Å²) in [7, 11) is 7.44. The molecule has 5 atom stereocenters. The predicted octanol–water partition coefficient (Wildman–Crippen LogP) is 4.46. The molecule has 46 heavy (non-hydrogen) atoms. The second-order valence-electron chi connectivity index (χ2n) is 12.5. The zero-order chi connectivity index (χ0) is 33.1. The van der Waals surface area contributed by atoms with E-state index in [9.17, 15) is 5.11 Å². The first kappa shape index (κ1) is 35.5. The minimum Gasteiger partial charge on any atom is -0.508 e. The number of ether oxygens (including phenoxy) is 3. The fourth-order valence-corrected chi connectivity index (χ4v) is 7.32. The number of phenolic OH excluding ortho intramolecular Hbond substituents is 1. The van der Waals surface area contributed by atoms with E-state index in [0.717, 1.165) is 23.3 Å². The average molecular weight is 637 g/mol. The molecule has 252 valence electrons. The first-order chi connectivity index (χ1) is 22.3. The molecule has 2 bridgehead atoms. The van der Waals surface area contributed by atoms with Crippen LogP contribution in [0.4, 0.5) is 0 Å². The topological polar surface area (TPSA) is 124 Å². The van der Waals surface area contributed by atoms with Crippen molar-refractivity contribution >= 4 is 0 Å². The monoisotopic (exact) mass is 636 g/mol. The molecule has 6 rings (SSSR count). The Morgan fingerprint density at radius 2 is 1.74 bits per heavy atom. The molecule has 3 aliphatic rings. The van der Waals surface area contributed by atoms with Gasteiger partial charge in [-0.05, 0) is 105 Å². The lowest BCUT2D eigenvalue weighted by atomic mass is 9.52. The lowest BCUT2D eigenvalue weighted by molar-refractivity contribution is 0.00274. The van der Waals surface area contributed by atoms with Crippen molar-refractivity contribution in [2.24, 2.45) is 5.92 Å². The van der Waals surface area contributed by atoms with Gasteiger partial charge in [0.2, 0.25) is 0 Å². The summed E-state index contributed by atoms with van der Waals surface area (Å²) in [6, 6.07) is 21.4. The SMILES string of the molecule is CNC[C@H](O)c1cccc(O)c1.COc1ccc2c(c1)[C@@]13CCCC[C@@H]1[C@@H](C2)N(C)CC3.COc1ccccc1OCC(O)CO. The van der Waals surface area contributed by atoms with Gasteiger partial charge in [-0.2, -0.15) is 0 Å². The van der Waals surface area contributed by atoms with E-state index in [1.807, 2.05) is 12.1 Å².